The predicted octanol–water partition coefficient (Wildman–Crippen LogP) is 3.33. The van der Waals surface area contributed by atoms with Crippen LogP contribution in [-0.4, -0.2) is 44.3 Å². The number of rotatable bonds is 7. The van der Waals surface area contributed by atoms with Crippen LogP contribution in [0, 0.1) is 0 Å². The Balaban J connectivity index is 1.10. The first-order chi connectivity index (χ1) is 15.2. The van der Waals surface area contributed by atoms with Gasteiger partial charge in [0.15, 0.2) is 0 Å². The number of unbranched alkanes of at least 4 members (excludes halogenated alkanes) is 1. The fraction of sp³-hybridized carbons (Fsp3) is 0.292. The van der Waals surface area contributed by atoms with Crippen molar-refractivity contribution >= 4 is 11.0 Å². The Hall–Kier alpha value is -3.45. The standard InChI is InChI=1S/C24H25N5O2/c30-22-10-8-18-9-11-23(26-24(18)25-22)31-15-5-4-13-28-14-12-21-19(16-28)17-29(27-21)20-6-2-1-3-7-20/h1-3,6-11,17H,4-5,12-16H2,(H,25,26,30). The number of fused-ring (bicyclic) bond motifs is 2. The van der Waals surface area contributed by atoms with Crippen LogP contribution in [0.1, 0.15) is 24.1 Å². The van der Waals surface area contributed by atoms with Crippen molar-refractivity contribution in [3.05, 3.63) is 82.4 Å². The Bertz CT molecular complexity index is 1230. The summed E-state index contributed by atoms with van der Waals surface area (Å²) in [7, 11) is 0. The van der Waals surface area contributed by atoms with Gasteiger partial charge in [0.05, 0.1) is 18.0 Å². The molecule has 0 amide bonds. The molecule has 0 spiro atoms. The number of para-hydroxylation sites is 1. The summed E-state index contributed by atoms with van der Waals surface area (Å²) in [6.07, 6.45) is 5.17. The molecule has 0 unspecified atom stereocenters. The van der Waals surface area contributed by atoms with E-state index in [-0.39, 0.29) is 5.56 Å². The summed E-state index contributed by atoms with van der Waals surface area (Å²) in [5, 5.41) is 5.66. The second kappa shape index (κ2) is 8.73. The van der Waals surface area contributed by atoms with Crippen LogP contribution >= 0.6 is 0 Å². The molecule has 7 heteroatoms. The van der Waals surface area contributed by atoms with Gasteiger partial charge in [0.25, 0.3) is 0 Å². The normalized spacial score (nSPS) is 13.9. The van der Waals surface area contributed by atoms with Crippen LogP contribution in [0.15, 0.2) is 65.6 Å². The molecule has 1 aliphatic rings. The van der Waals surface area contributed by atoms with Gasteiger partial charge in [-0.05, 0) is 43.7 Å². The Labute approximate surface area is 180 Å². The number of nitrogens with one attached hydrogen (secondary N) is 1. The first-order valence-electron chi connectivity index (χ1n) is 10.7. The highest BCUT2D eigenvalue weighted by Crippen LogP contribution is 2.20. The smallest absolute Gasteiger partial charge is 0.249 e. The first kappa shape index (κ1) is 19.5. The number of aromatic nitrogens is 4. The Morgan fingerprint density at radius 2 is 1.90 bits per heavy atom. The molecule has 5 rings (SSSR count). The van der Waals surface area contributed by atoms with Crippen LogP contribution in [0.3, 0.4) is 0 Å². The fourth-order valence-corrected chi connectivity index (χ4v) is 3.98. The molecule has 7 nitrogen and oxygen atoms in total. The van der Waals surface area contributed by atoms with Gasteiger partial charge in [0.2, 0.25) is 11.4 Å². The number of nitrogens with zero attached hydrogens (tertiary/aromatic N) is 4. The molecular formula is C24H25N5O2. The maximum absolute atomic E-state index is 11.4. The predicted molar refractivity (Wildman–Crippen MR) is 120 cm³/mol. The summed E-state index contributed by atoms with van der Waals surface area (Å²) in [5.41, 5.74) is 4.04. The lowest BCUT2D eigenvalue weighted by atomic mass is 10.1. The van der Waals surface area contributed by atoms with Crippen molar-refractivity contribution < 1.29 is 4.74 Å². The summed E-state index contributed by atoms with van der Waals surface area (Å²) < 4.78 is 7.78. The Morgan fingerprint density at radius 1 is 1.03 bits per heavy atom. The van der Waals surface area contributed by atoms with E-state index in [1.54, 1.807) is 6.07 Å². The zero-order valence-electron chi connectivity index (χ0n) is 17.3. The molecule has 1 N–H and O–H groups in total. The highest BCUT2D eigenvalue weighted by Gasteiger charge is 2.19. The van der Waals surface area contributed by atoms with Gasteiger partial charge in [-0.3, -0.25) is 9.69 Å². The van der Waals surface area contributed by atoms with Crippen molar-refractivity contribution in [2.75, 3.05) is 19.7 Å². The third-order valence-electron chi connectivity index (χ3n) is 5.63. The lowest BCUT2D eigenvalue weighted by Crippen LogP contribution is -2.31. The van der Waals surface area contributed by atoms with Crippen LogP contribution in [0.5, 0.6) is 5.88 Å². The van der Waals surface area contributed by atoms with Gasteiger partial charge in [0, 0.05) is 48.8 Å². The minimum absolute atomic E-state index is 0.156. The number of H-pyrrole nitrogens is 1. The van der Waals surface area contributed by atoms with Gasteiger partial charge in [-0.25, -0.2) is 4.68 Å². The molecule has 0 atom stereocenters. The third-order valence-corrected chi connectivity index (χ3v) is 5.63. The van der Waals surface area contributed by atoms with E-state index < -0.39 is 0 Å². The monoisotopic (exact) mass is 415 g/mol. The number of benzene rings is 1. The molecule has 0 bridgehead atoms. The van der Waals surface area contributed by atoms with Crippen LogP contribution in [0.4, 0.5) is 0 Å². The van der Waals surface area contributed by atoms with Gasteiger partial charge in [-0.15, -0.1) is 0 Å². The van der Waals surface area contributed by atoms with Crippen LogP contribution in [0.25, 0.3) is 16.7 Å². The highest BCUT2D eigenvalue weighted by molar-refractivity contribution is 5.74. The molecule has 1 aliphatic heterocycles. The van der Waals surface area contributed by atoms with Crippen molar-refractivity contribution in [1.29, 1.82) is 0 Å². The molecule has 31 heavy (non-hydrogen) atoms. The summed E-state index contributed by atoms with van der Waals surface area (Å²) in [6.45, 7) is 3.64. The summed E-state index contributed by atoms with van der Waals surface area (Å²) in [6, 6.07) is 17.3. The van der Waals surface area contributed by atoms with Gasteiger partial charge >= 0.3 is 0 Å². The molecule has 3 aromatic heterocycles. The second-order valence-corrected chi connectivity index (χ2v) is 7.87. The topological polar surface area (TPSA) is 76.0 Å². The lowest BCUT2D eigenvalue weighted by molar-refractivity contribution is 0.232. The fourth-order valence-electron chi connectivity index (χ4n) is 3.98. The number of pyridine rings is 2. The number of aromatic amines is 1. The average molecular weight is 415 g/mol. The van der Waals surface area contributed by atoms with Crippen molar-refractivity contribution in [2.45, 2.75) is 25.8 Å². The van der Waals surface area contributed by atoms with Crippen LogP contribution < -0.4 is 10.3 Å². The second-order valence-electron chi connectivity index (χ2n) is 7.87. The molecule has 0 saturated carbocycles. The maximum Gasteiger partial charge on any atom is 0.249 e. The van der Waals surface area contributed by atoms with Gasteiger partial charge in [0.1, 0.15) is 5.65 Å². The lowest BCUT2D eigenvalue weighted by Gasteiger charge is -2.25. The van der Waals surface area contributed by atoms with Gasteiger partial charge in [-0.1, -0.05) is 18.2 Å². The summed E-state index contributed by atoms with van der Waals surface area (Å²) in [4.78, 5) is 21.0. The van der Waals surface area contributed by atoms with Crippen molar-refractivity contribution in [3.63, 3.8) is 0 Å². The van der Waals surface area contributed by atoms with E-state index in [1.807, 2.05) is 35.0 Å². The molecule has 0 saturated heterocycles. The minimum atomic E-state index is -0.156. The molecule has 1 aromatic carbocycles. The van der Waals surface area contributed by atoms with Crippen LogP contribution in [-0.2, 0) is 13.0 Å². The van der Waals surface area contributed by atoms with Crippen LogP contribution in [0.2, 0.25) is 0 Å². The minimum Gasteiger partial charge on any atom is -0.478 e. The van der Waals surface area contributed by atoms with Crippen molar-refractivity contribution in [1.82, 2.24) is 24.6 Å². The number of ether oxygens (including phenoxy) is 1. The largest absolute Gasteiger partial charge is 0.478 e. The number of hydrogen-bond donors (Lipinski definition) is 1. The van der Waals surface area contributed by atoms with Crippen molar-refractivity contribution in [3.8, 4) is 11.6 Å². The average Bonchev–Trinajstić information content (AvgIpc) is 3.23. The molecule has 0 radical (unpaired) electrons. The maximum atomic E-state index is 11.4. The first-order valence-corrected chi connectivity index (χ1v) is 10.7. The summed E-state index contributed by atoms with van der Waals surface area (Å²) in [5.74, 6) is 0.547. The highest BCUT2D eigenvalue weighted by atomic mass is 16.5. The van der Waals surface area contributed by atoms with E-state index in [0.29, 0.717) is 18.1 Å². The molecule has 0 fully saturated rings. The quantitative estimate of drug-likeness (QED) is 0.469. The van der Waals surface area contributed by atoms with E-state index >= 15 is 0 Å². The molecular weight excluding hydrogens is 390 g/mol. The molecule has 158 valence electrons. The Kier molecular flexibility index (Phi) is 5.50. The van der Waals surface area contributed by atoms with E-state index in [0.717, 1.165) is 50.0 Å². The van der Waals surface area contributed by atoms with Crippen molar-refractivity contribution in [2.24, 2.45) is 0 Å². The number of hydrogen-bond acceptors (Lipinski definition) is 5. The van der Waals surface area contributed by atoms with E-state index in [1.165, 1.54) is 17.3 Å². The molecule has 4 heterocycles. The molecule has 0 aliphatic carbocycles. The van der Waals surface area contributed by atoms with E-state index in [4.69, 9.17) is 9.84 Å². The summed E-state index contributed by atoms with van der Waals surface area (Å²) >= 11 is 0. The van der Waals surface area contributed by atoms with E-state index in [9.17, 15) is 4.79 Å². The van der Waals surface area contributed by atoms with Gasteiger partial charge in [-0.2, -0.15) is 10.1 Å². The third kappa shape index (κ3) is 4.51. The van der Waals surface area contributed by atoms with E-state index in [2.05, 4.69) is 33.2 Å². The van der Waals surface area contributed by atoms with Gasteiger partial charge < -0.3 is 9.72 Å². The zero-order chi connectivity index (χ0) is 21.0. The molecule has 4 aromatic rings. The Morgan fingerprint density at radius 3 is 2.81 bits per heavy atom. The SMILES string of the molecule is O=c1ccc2ccc(OCCCCN3CCc4nn(-c5ccccc5)cc4C3)nc2[nH]1. The zero-order valence-corrected chi connectivity index (χ0v) is 17.3.